The average molecular weight is 413 g/mol. The second-order valence-corrected chi connectivity index (χ2v) is 11.0. The molecule has 0 spiro atoms. The van der Waals surface area contributed by atoms with E-state index in [0.29, 0.717) is 0 Å². The maximum atomic E-state index is 13.2. The Balaban J connectivity index is 2.06. The van der Waals surface area contributed by atoms with E-state index in [-0.39, 0.29) is 27.1 Å². The van der Waals surface area contributed by atoms with Crippen LogP contribution in [0.2, 0.25) is 0 Å². The molecule has 0 amide bonds. The van der Waals surface area contributed by atoms with E-state index in [1.807, 2.05) is 67.6 Å². The van der Waals surface area contributed by atoms with Crippen LogP contribution in [0.5, 0.6) is 0 Å². The number of hydrogen-bond acceptors (Lipinski definition) is 2. The van der Waals surface area contributed by atoms with Gasteiger partial charge in [-0.2, -0.15) is 4.72 Å². The highest BCUT2D eigenvalue weighted by Crippen LogP contribution is 2.36. The maximum Gasteiger partial charge on any atom is 0.241 e. The summed E-state index contributed by atoms with van der Waals surface area (Å²) in [6, 6.07) is 26.6. The van der Waals surface area contributed by atoms with Crippen molar-refractivity contribution in [2.24, 2.45) is 0 Å². The summed E-state index contributed by atoms with van der Waals surface area (Å²) in [4.78, 5) is 0.290. The Labute approximate surface area is 171 Å². The predicted octanol–water partition coefficient (Wildman–Crippen LogP) is 4.63. The molecule has 3 aromatic rings. The largest absolute Gasteiger partial charge is 0.241 e. The fourth-order valence-electron chi connectivity index (χ4n) is 3.30. The first kappa shape index (κ1) is 20.6. The molecule has 0 fully saturated rings. The fourth-order valence-corrected chi connectivity index (χ4v) is 6.09. The second-order valence-electron chi connectivity index (χ2n) is 7.03. The molecule has 0 heterocycles. The molecule has 3 rings (SSSR count). The van der Waals surface area contributed by atoms with Crippen LogP contribution >= 0.6 is 0 Å². The third kappa shape index (κ3) is 4.85. The van der Waals surface area contributed by atoms with Gasteiger partial charge in [0.1, 0.15) is 0 Å². The average Bonchev–Trinajstić information content (AvgIpc) is 2.69. The summed E-state index contributed by atoms with van der Waals surface area (Å²) in [6.45, 7) is 1.95. The van der Waals surface area contributed by atoms with Gasteiger partial charge in [0.15, 0.2) is 5.25 Å². The van der Waals surface area contributed by atoms with E-state index in [1.54, 1.807) is 12.1 Å². The Morgan fingerprint density at radius 2 is 1.25 bits per heavy atom. The van der Waals surface area contributed by atoms with E-state index in [0.717, 1.165) is 16.7 Å². The molecule has 0 bridgehead atoms. The molecule has 0 aliphatic rings. The highest BCUT2D eigenvalue weighted by Gasteiger charge is 2.37. The zero-order valence-corrected chi connectivity index (χ0v) is 18.0. The van der Waals surface area contributed by atoms with Crippen molar-refractivity contribution >= 4 is 20.9 Å². The SMILES string of the molecule is Cc1ccc(S(=O)(=O)N[C@H](c2ccccc2)[C@@H](c2ccccc2)[S+](C)C)cc1. The van der Waals surface area contributed by atoms with Crippen LogP contribution in [0.1, 0.15) is 28.0 Å². The topological polar surface area (TPSA) is 46.2 Å². The molecular formula is C23H26NO2S2+. The van der Waals surface area contributed by atoms with Gasteiger partial charge in [-0.05, 0) is 35.5 Å². The Hall–Kier alpha value is -2.08. The highest BCUT2D eigenvalue weighted by atomic mass is 32.2. The lowest BCUT2D eigenvalue weighted by Crippen LogP contribution is -2.35. The van der Waals surface area contributed by atoms with Gasteiger partial charge in [-0.3, -0.25) is 0 Å². The minimum atomic E-state index is -3.66. The maximum absolute atomic E-state index is 13.2. The standard InChI is InChI=1S/C23H26NO2S2/c1-18-14-16-21(17-15-18)28(25,26)24-22(19-10-6-4-7-11-19)23(27(2)3)20-12-8-5-9-13-20/h4-17,22-24H,1-3H3/q+1/t22-,23-/m1/s1. The zero-order valence-electron chi connectivity index (χ0n) is 16.4. The van der Waals surface area contributed by atoms with Crippen LogP contribution < -0.4 is 4.72 Å². The van der Waals surface area contributed by atoms with Gasteiger partial charge in [0.05, 0.1) is 23.4 Å². The molecule has 146 valence electrons. The lowest BCUT2D eigenvalue weighted by molar-refractivity contribution is 0.551. The first-order valence-corrected chi connectivity index (χ1v) is 12.7. The van der Waals surface area contributed by atoms with Crippen molar-refractivity contribution in [1.82, 2.24) is 4.72 Å². The monoisotopic (exact) mass is 412 g/mol. The number of nitrogens with one attached hydrogen (secondary N) is 1. The molecule has 28 heavy (non-hydrogen) atoms. The van der Waals surface area contributed by atoms with Crippen LogP contribution in [0.4, 0.5) is 0 Å². The van der Waals surface area contributed by atoms with Crippen LogP contribution in [0.25, 0.3) is 0 Å². The Bertz CT molecular complexity index is 986. The third-order valence-electron chi connectivity index (χ3n) is 4.71. The molecule has 0 aromatic heterocycles. The van der Waals surface area contributed by atoms with Gasteiger partial charge in [0.2, 0.25) is 10.0 Å². The van der Waals surface area contributed by atoms with Crippen LogP contribution in [0.3, 0.4) is 0 Å². The lowest BCUT2D eigenvalue weighted by Gasteiger charge is -2.26. The highest BCUT2D eigenvalue weighted by molar-refractivity contribution is 7.95. The number of benzene rings is 3. The van der Waals surface area contributed by atoms with Gasteiger partial charge in [-0.25, -0.2) is 8.42 Å². The molecule has 0 aliphatic carbocycles. The van der Waals surface area contributed by atoms with Crippen molar-refractivity contribution in [1.29, 1.82) is 0 Å². The number of aryl methyl sites for hydroxylation is 1. The van der Waals surface area contributed by atoms with Gasteiger partial charge in [-0.15, -0.1) is 0 Å². The van der Waals surface area contributed by atoms with Crippen molar-refractivity contribution in [3.8, 4) is 0 Å². The molecule has 1 N–H and O–H groups in total. The van der Waals surface area contributed by atoms with E-state index in [1.165, 1.54) is 0 Å². The summed E-state index contributed by atoms with van der Waals surface area (Å²) in [6.07, 6.45) is 4.32. The number of rotatable bonds is 7. The Morgan fingerprint density at radius 1 is 0.750 bits per heavy atom. The minimum absolute atomic E-state index is 0.0313. The first-order chi connectivity index (χ1) is 13.4. The lowest BCUT2D eigenvalue weighted by atomic mass is 9.99. The van der Waals surface area contributed by atoms with E-state index < -0.39 is 10.0 Å². The molecule has 5 heteroatoms. The third-order valence-corrected chi connectivity index (χ3v) is 7.73. The van der Waals surface area contributed by atoms with Crippen LogP contribution in [-0.4, -0.2) is 20.9 Å². The van der Waals surface area contributed by atoms with Gasteiger partial charge >= 0.3 is 0 Å². The summed E-state index contributed by atoms with van der Waals surface area (Å²) >= 11 is 0. The Morgan fingerprint density at radius 3 is 1.75 bits per heavy atom. The van der Waals surface area contributed by atoms with Crippen molar-refractivity contribution < 1.29 is 8.42 Å². The smallest absolute Gasteiger partial charge is 0.207 e. The molecule has 0 radical (unpaired) electrons. The van der Waals surface area contributed by atoms with Crippen molar-refractivity contribution in [3.05, 3.63) is 102 Å². The van der Waals surface area contributed by atoms with Crippen molar-refractivity contribution in [2.75, 3.05) is 12.5 Å². The van der Waals surface area contributed by atoms with E-state index >= 15 is 0 Å². The molecule has 3 aromatic carbocycles. The second kappa shape index (κ2) is 8.95. The van der Waals surface area contributed by atoms with Crippen LogP contribution in [-0.2, 0) is 20.9 Å². The quantitative estimate of drug-likeness (QED) is 0.575. The molecule has 3 nitrogen and oxygen atoms in total. The van der Waals surface area contributed by atoms with Gasteiger partial charge < -0.3 is 0 Å². The van der Waals surface area contributed by atoms with Crippen molar-refractivity contribution in [2.45, 2.75) is 23.1 Å². The number of hydrogen-bond donors (Lipinski definition) is 1. The molecule has 2 atom stereocenters. The summed E-state index contributed by atoms with van der Waals surface area (Å²) in [5.74, 6) is 0. The van der Waals surface area contributed by atoms with E-state index in [9.17, 15) is 8.42 Å². The molecule has 0 aliphatic heterocycles. The molecule has 0 saturated carbocycles. The summed E-state index contributed by atoms with van der Waals surface area (Å²) in [5.41, 5.74) is 3.13. The normalized spacial score (nSPS) is 14.0. The molecule has 0 saturated heterocycles. The first-order valence-electron chi connectivity index (χ1n) is 9.14. The minimum Gasteiger partial charge on any atom is -0.207 e. The van der Waals surface area contributed by atoms with Gasteiger partial charge in [-0.1, -0.05) is 78.4 Å². The summed E-state index contributed by atoms with van der Waals surface area (Å²) in [5, 5.41) is 0.0313. The van der Waals surface area contributed by atoms with E-state index in [2.05, 4.69) is 29.4 Å². The fraction of sp³-hybridized carbons (Fsp3) is 0.217. The predicted molar refractivity (Wildman–Crippen MR) is 119 cm³/mol. The summed E-state index contributed by atoms with van der Waals surface area (Å²) < 4.78 is 29.4. The molecule has 0 unspecified atom stereocenters. The zero-order chi connectivity index (χ0) is 20.1. The van der Waals surface area contributed by atoms with Gasteiger partial charge in [0.25, 0.3) is 0 Å². The van der Waals surface area contributed by atoms with Gasteiger partial charge in [0, 0.05) is 5.56 Å². The van der Waals surface area contributed by atoms with Crippen LogP contribution in [0, 0.1) is 6.92 Å². The summed E-state index contributed by atoms with van der Waals surface area (Å²) in [7, 11) is -3.71. The van der Waals surface area contributed by atoms with E-state index in [4.69, 9.17) is 0 Å². The number of sulfonamides is 1. The van der Waals surface area contributed by atoms with Crippen LogP contribution in [0.15, 0.2) is 89.8 Å². The van der Waals surface area contributed by atoms with Crippen molar-refractivity contribution in [3.63, 3.8) is 0 Å². The Kier molecular flexibility index (Phi) is 6.60. The molecular weight excluding hydrogens is 386 g/mol.